The van der Waals surface area contributed by atoms with Crippen molar-refractivity contribution < 1.29 is 10.2 Å². The van der Waals surface area contributed by atoms with Crippen LogP contribution in [0.2, 0.25) is 0 Å². The van der Waals surface area contributed by atoms with E-state index >= 15 is 0 Å². The first-order valence-electron chi connectivity index (χ1n) is 7.27. The molecule has 0 radical (unpaired) electrons. The Morgan fingerprint density at radius 1 is 0.700 bits per heavy atom. The van der Waals surface area contributed by atoms with Gasteiger partial charge < -0.3 is 10.2 Å². The molecule has 0 fully saturated rings. The van der Waals surface area contributed by atoms with E-state index in [0.717, 1.165) is 22.3 Å². The molecule has 2 N–H and O–H groups in total. The lowest BCUT2D eigenvalue weighted by molar-refractivity contribution is -0.107. The van der Waals surface area contributed by atoms with E-state index in [1.54, 1.807) is 0 Å². The number of rotatable bonds is 1. The summed E-state index contributed by atoms with van der Waals surface area (Å²) in [6.45, 7) is 12.0. The Morgan fingerprint density at radius 3 is 1.30 bits per heavy atom. The lowest BCUT2D eigenvalue weighted by atomic mass is 9.63. The molecule has 20 heavy (non-hydrogen) atoms. The topological polar surface area (TPSA) is 40.5 Å². The van der Waals surface area contributed by atoms with Gasteiger partial charge >= 0.3 is 0 Å². The molecule has 0 aliphatic heterocycles. The fraction of sp³-hybridized carbons (Fsp3) is 0.556. The fourth-order valence-corrected chi connectivity index (χ4v) is 3.40. The Bertz CT molecular complexity index is 522. The van der Waals surface area contributed by atoms with Crippen LogP contribution >= 0.6 is 0 Å². The molecule has 2 nitrogen and oxygen atoms in total. The summed E-state index contributed by atoms with van der Waals surface area (Å²) in [5.41, 5.74) is 3.95. The lowest BCUT2D eigenvalue weighted by Crippen LogP contribution is -2.57. The smallest absolute Gasteiger partial charge is 0.122 e. The summed E-state index contributed by atoms with van der Waals surface area (Å²) in [5.74, 6) is 0. The third kappa shape index (κ3) is 2.02. The molecule has 2 rings (SSSR count). The summed E-state index contributed by atoms with van der Waals surface area (Å²) in [7, 11) is 0. The van der Waals surface area contributed by atoms with Crippen LogP contribution in [0.4, 0.5) is 0 Å². The van der Waals surface area contributed by atoms with Gasteiger partial charge in [0.1, 0.15) is 11.2 Å². The maximum Gasteiger partial charge on any atom is 0.122 e. The predicted octanol–water partition coefficient (Wildman–Crippen LogP) is 3.82. The van der Waals surface area contributed by atoms with Gasteiger partial charge in [-0.25, -0.2) is 0 Å². The van der Waals surface area contributed by atoms with Crippen molar-refractivity contribution in [3.8, 4) is 0 Å². The van der Waals surface area contributed by atoms with Gasteiger partial charge in [-0.15, -0.1) is 0 Å². The number of hydrogen-bond donors (Lipinski definition) is 2. The first-order valence-corrected chi connectivity index (χ1v) is 7.27. The van der Waals surface area contributed by atoms with E-state index in [-0.39, 0.29) is 0 Å². The van der Waals surface area contributed by atoms with Gasteiger partial charge in [0.25, 0.3) is 0 Å². The molecule has 2 unspecified atom stereocenters. The molecule has 0 heterocycles. The minimum atomic E-state index is -1.21. The van der Waals surface area contributed by atoms with Gasteiger partial charge in [0.15, 0.2) is 0 Å². The van der Waals surface area contributed by atoms with E-state index in [4.69, 9.17) is 0 Å². The highest BCUT2D eigenvalue weighted by Crippen LogP contribution is 2.48. The first kappa shape index (κ1) is 15.3. The van der Waals surface area contributed by atoms with Crippen molar-refractivity contribution >= 4 is 0 Å². The van der Waals surface area contributed by atoms with E-state index in [9.17, 15) is 10.2 Å². The van der Waals surface area contributed by atoms with Crippen LogP contribution < -0.4 is 0 Å². The number of allylic oxidation sites excluding steroid dienone is 4. The normalized spacial score (nSPS) is 35.2. The second-order valence-corrected chi connectivity index (χ2v) is 6.66. The van der Waals surface area contributed by atoms with E-state index < -0.39 is 11.2 Å². The molecule has 0 spiro atoms. The van der Waals surface area contributed by atoms with Crippen LogP contribution in [0.3, 0.4) is 0 Å². The van der Waals surface area contributed by atoms with Crippen LogP contribution in [0.1, 0.15) is 54.4 Å². The van der Waals surface area contributed by atoms with Gasteiger partial charge in [0.2, 0.25) is 0 Å². The third-order valence-electron chi connectivity index (χ3n) is 5.24. The Balaban J connectivity index is 2.52. The average Bonchev–Trinajstić information content (AvgIpc) is 2.34. The van der Waals surface area contributed by atoms with Crippen molar-refractivity contribution in [2.45, 2.75) is 65.6 Å². The molecule has 0 saturated carbocycles. The van der Waals surface area contributed by atoms with E-state index in [2.05, 4.69) is 13.8 Å². The standard InChI is InChI=1S/C18H26O2/c1-11-7-15(5)17(19,9-13(11)3)18(20)10-14(4)12(2)8-16(18)6/h7-8,19-20H,9-10H2,1-6H3. The summed E-state index contributed by atoms with van der Waals surface area (Å²) in [6.07, 6.45) is 5.00. The second-order valence-electron chi connectivity index (χ2n) is 6.66. The third-order valence-corrected chi connectivity index (χ3v) is 5.24. The summed E-state index contributed by atoms with van der Waals surface area (Å²) >= 11 is 0. The quantitative estimate of drug-likeness (QED) is 0.763. The zero-order chi connectivity index (χ0) is 15.3. The summed E-state index contributed by atoms with van der Waals surface area (Å²) in [5, 5.41) is 22.5. The predicted molar refractivity (Wildman–Crippen MR) is 83.4 cm³/mol. The zero-order valence-corrected chi connectivity index (χ0v) is 13.5. The van der Waals surface area contributed by atoms with Crippen LogP contribution in [0.25, 0.3) is 0 Å². The molecule has 0 amide bonds. The van der Waals surface area contributed by atoms with Gasteiger partial charge in [-0.1, -0.05) is 34.4 Å². The van der Waals surface area contributed by atoms with Crippen molar-refractivity contribution in [2.75, 3.05) is 0 Å². The van der Waals surface area contributed by atoms with Crippen molar-refractivity contribution in [3.63, 3.8) is 0 Å². The highest BCUT2D eigenvalue weighted by Gasteiger charge is 2.53. The zero-order valence-electron chi connectivity index (χ0n) is 13.5. The summed E-state index contributed by atoms with van der Waals surface area (Å²) in [4.78, 5) is 0. The average molecular weight is 274 g/mol. The Labute approximate surface area is 122 Å². The molecular formula is C18H26O2. The Kier molecular flexibility index (Phi) is 3.60. The highest BCUT2D eigenvalue weighted by molar-refractivity contribution is 5.47. The van der Waals surface area contributed by atoms with Crippen molar-refractivity contribution in [1.82, 2.24) is 0 Å². The van der Waals surface area contributed by atoms with Crippen molar-refractivity contribution in [1.29, 1.82) is 0 Å². The SMILES string of the molecule is CC1=CC(C)=C(C)CC1(O)C1(O)CC(C)=C(C)C=C1C. The monoisotopic (exact) mass is 274 g/mol. The largest absolute Gasteiger partial charge is 0.382 e. The van der Waals surface area contributed by atoms with Crippen molar-refractivity contribution in [2.24, 2.45) is 0 Å². The summed E-state index contributed by atoms with van der Waals surface area (Å²) < 4.78 is 0. The van der Waals surface area contributed by atoms with Crippen LogP contribution in [0, 0.1) is 0 Å². The fourth-order valence-electron chi connectivity index (χ4n) is 3.40. The maximum absolute atomic E-state index is 11.3. The highest BCUT2D eigenvalue weighted by atomic mass is 16.4. The van der Waals surface area contributed by atoms with E-state index in [0.29, 0.717) is 12.8 Å². The first-order chi connectivity index (χ1) is 9.11. The van der Waals surface area contributed by atoms with Crippen molar-refractivity contribution in [3.05, 3.63) is 45.6 Å². The van der Waals surface area contributed by atoms with Crippen LogP contribution in [0.5, 0.6) is 0 Å². The second kappa shape index (κ2) is 4.71. The Hall–Kier alpha value is -1.12. The number of aliphatic hydroxyl groups is 2. The van der Waals surface area contributed by atoms with Crippen LogP contribution in [-0.4, -0.2) is 21.4 Å². The minimum Gasteiger partial charge on any atom is -0.382 e. The van der Waals surface area contributed by atoms with Crippen LogP contribution in [-0.2, 0) is 0 Å². The van der Waals surface area contributed by atoms with E-state index in [1.165, 1.54) is 11.1 Å². The molecular weight excluding hydrogens is 248 g/mol. The Morgan fingerprint density at radius 2 is 1.00 bits per heavy atom. The summed E-state index contributed by atoms with van der Waals surface area (Å²) in [6, 6.07) is 0. The van der Waals surface area contributed by atoms with Gasteiger partial charge in [0, 0.05) is 12.8 Å². The molecule has 0 saturated heterocycles. The van der Waals surface area contributed by atoms with E-state index in [1.807, 2.05) is 39.8 Å². The van der Waals surface area contributed by atoms with Gasteiger partial charge in [-0.2, -0.15) is 0 Å². The number of hydrogen-bond acceptors (Lipinski definition) is 2. The molecule has 110 valence electrons. The molecule has 2 aliphatic rings. The molecule has 2 atom stereocenters. The van der Waals surface area contributed by atoms with Gasteiger partial charge in [-0.05, 0) is 52.7 Å². The van der Waals surface area contributed by atoms with Gasteiger partial charge in [0.05, 0.1) is 0 Å². The molecule has 0 aromatic carbocycles. The molecule has 2 heteroatoms. The molecule has 0 aromatic heterocycles. The molecule has 0 bridgehead atoms. The molecule has 0 aromatic rings. The maximum atomic E-state index is 11.3. The molecule has 2 aliphatic carbocycles. The minimum absolute atomic E-state index is 0.495. The van der Waals surface area contributed by atoms with Crippen LogP contribution in [0.15, 0.2) is 45.6 Å². The van der Waals surface area contributed by atoms with Gasteiger partial charge in [-0.3, -0.25) is 0 Å². The lowest BCUT2D eigenvalue weighted by Gasteiger charge is -2.49.